The lowest BCUT2D eigenvalue weighted by molar-refractivity contribution is -0.124. The van der Waals surface area contributed by atoms with Crippen LogP contribution in [-0.2, 0) is 27.2 Å². The van der Waals surface area contributed by atoms with Crippen molar-refractivity contribution in [2.24, 2.45) is 0 Å². The Morgan fingerprint density at radius 2 is 1.88 bits per heavy atom. The van der Waals surface area contributed by atoms with Gasteiger partial charge in [-0.3, -0.25) is 9.59 Å². The third-order valence-corrected chi connectivity index (χ3v) is 7.48. The van der Waals surface area contributed by atoms with Crippen LogP contribution < -0.4 is 10.6 Å². The number of anilines is 1. The molecule has 3 aromatic rings. The van der Waals surface area contributed by atoms with E-state index in [9.17, 15) is 18.8 Å². The van der Waals surface area contributed by atoms with E-state index in [0.29, 0.717) is 10.6 Å². The molecule has 1 aromatic carbocycles. The van der Waals surface area contributed by atoms with Gasteiger partial charge in [0.1, 0.15) is 10.8 Å². The molecule has 33 heavy (non-hydrogen) atoms. The van der Waals surface area contributed by atoms with Crippen LogP contribution in [0.3, 0.4) is 0 Å². The van der Waals surface area contributed by atoms with Gasteiger partial charge in [0.05, 0.1) is 11.6 Å². The second-order valence-electron chi connectivity index (χ2n) is 7.74. The number of aryl methyl sites for hydroxylation is 1. The standard InChI is InChI=1S/C24H23FN2O4S2/c1-14(28)26-23-21(17-5-2-3-6-18(17)33-23)24(30)31-13-20(29)27-22(19-7-4-12-32-19)15-8-10-16(25)11-9-15/h4,7-12,22H,2-3,5-6,13H2,1H3,(H,26,28)(H,27,29). The number of hydrogen-bond acceptors (Lipinski definition) is 6. The van der Waals surface area contributed by atoms with E-state index in [4.69, 9.17) is 4.74 Å². The zero-order valence-corrected chi connectivity index (χ0v) is 19.6. The fourth-order valence-electron chi connectivity index (χ4n) is 3.87. The molecule has 0 saturated heterocycles. The topological polar surface area (TPSA) is 84.5 Å². The first-order chi connectivity index (χ1) is 15.9. The predicted molar refractivity (Wildman–Crippen MR) is 126 cm³/mol. The highest BCUT2D eigenvalue weighted by molar-refractivity contribution is 7.17. The molecule has 0 aliphatic heterocycles. The summed E-state index contributed by atoms with van der Waals surface area (Å²) in [5, 5.41) is 7.96. The van der Waals surface area contributed by atoms with Crippen molar-refractivity contribution in [3.05, 3.63) is 74.0 Å². The normalized spacial score (nSPS) is 13.6. The molecule has 1 aliphatic carbocycles. The SMILES string of the molecule is CC(=O)Nc1sc2c(c1C(=O)OCC(=O)NC(c1ccc(F)cc1)c1cccs1)CCCC2. The van der Waals surface area contributed by atoms with Crippen molar-refractivity contribution >= 4 is 45.5 Å². The van der Waals surface area contributed by atoms with Crippen LogP contribution in [-0.4, -0.2) is 24.4 Å². The molecule has 172 valence electrons. The van der Waals surface area contributed by atoms with E-state index in [1.165, 1.54) is 41.7 Å². The number of thiophene rings is 2. The van der Waals surface area contributed by atoms with Crippen LogP contribution in [0.2, 0.25) is 0 Å². The molecular weight excluding hydrogens is 463 g/mol. The molecule has 2 heterocycles. The Morgan fingerprint density at radius 3 is 2.58 bits per heavy atom. The Bertz CT molecular complexity index is 1160. The summed E-state index contributed by atoms with van der Waals surface area (Å²) in [5.74, 6) is -1.73. The first kappa shape index (κ1) is 23.1. The van der Waals surface area contributed by atoms with Gasteiger partial charge in [-0.25, -0.2) is 9.18 Å². The third kappa shape index (κ3) is 5.48. The van der Waals surface area contributed by atoms with Crippen LogP contribution in [0, 0.1) is 5.82 Å². The predicted octanol–water partition coefficient (Wildman–Crippen LogP) is 4.85. The van der Waals surface area contributed by atoms with Gasteiger partial charge in [-0.05, 0) is 60.4 Å². The number of esters is 1. The second-order valence-corrected chi connectivity index (χ2v) is 9.82. The highest BCUT2D eigenvalue weighted by Gasteiger charge is 2.28. The second kappa shape index (κ2) is 10.3. The molecular formula is C24H23FN2O4S2. The van der Waals surface area contributed by atoms with Gasteiger partial charge in [0.2, 0.25) is 5.91 Å². The van der Waals surface area contributed by atoms with Gasteiger partial charge in [-0.2, -0.15) is 0 Å². The zero-order chi connectivity index (χ0) is 23.4. The number of rotatable bonds is 7. The number of amides is 2. The molecule has 6 nitrogen and oxygen atoms in total. The van der Waals surface area contributed by atoms with Gasteiger partial charge in [-0.15, -0.1) is 22.7 Å². The van der Waals surface area contributed by atoms with E-state index in [-0.39, 0.29) is 11.7 Å². The summed E-state index contributed by atoms with van der Waals surface area (Å²) < 4.78 is 18.7. The largest absolute Gasteiger partial charge is 0.452 e. The van der Waals surface area contributed by atoms with Crippen LogP contribution >= 0.6 is 22.7 Å². The van der Waals surface area contributed by atoms with Crippen LogP contribution in [0.1, 0.15) is 57.0 Å². The molecule has 4 rings (SSSR count). The van der Waals surface area contributed by atoms with Gasteiger partial charge in [0.25, 0.3) is 5.91 Å². The molecule has 0 saturated carbocycles. The van der Waals surface area contributed by atoms with Crippen LogP contribution in [0.15, 0.2) is 41.8 Å². The number of ether oxygens (including phenoxy) is 1. The fourth-order valence-corrected chi connectivity index (χ4v) is 5.99. The fraction of sp³-hybridized carbons (Fsp3) is 0.292. The summed E-state index contributed by atoms with van der Waals surface area (Å²) in [4.78, 5) is 39.2. The first-order valence-electron chi connectivity index (χ1n) is 10.6. The minimum atomic E-state index is -0.622. The van der Waals surface area contributed by atoms with Crippen molar-refractivity contribution in [2.75, 3.05) is 11.9 Å². The Balaban J connectivity index is 1.47. The lowest BCUT2D eigenvalue weighted by Gasteiger charge is -2.18. The summed E-state index contributed by atoms with van der Waals surface area (Å²) in [6.45, 7) is 0.924. The van der Waals surface area contributed by atoms with Gasteiger partial charge in [-0.1, -0.05) is 18.2 Å². The molecule has 0 spiro atoms. The molecule has 1 aliphatic rings. The summed E-state index contributed by atoms with van der Waals surface area (Å²) in [5.41, 5.74) is 1.98. The number of carbonyl (C=O) groups excluding carboxylic acids is 3. The van der Waals surface area contributed by atoms with Crippen molar-refractivity contribution < 1.29 is 23.5 Å². The van der Waals surface area contributed by atoms with Crippen molar-refractivity contribution in [2.45, 2.75) is 38.6 Å². The average molecular weight is 487 g/mol. The Labute approximate surface area is 198 Å². The summed E-state index contributed by atoms with van der Waals surface area (Å²) in [6, 6.07) is 9.17. The Kier molecular flexibility index (Phi) is 7.20. The number of nitrogens with one attached hydrogen (secondary N) is 2. The van der Waals surface area contributed by atoms with Gasteiger partial charge >= 0.3 is 5.97 Å². The molecule has 1 unspecified atom stereocenters. The number of hydrogen-bond donors (Lipinski definition) is 2. The van der Waals surface area contributed by atoms with E-state index in [0.717, 1.165) is 46.6 Å². The molecule has 0 fully saturated rings. The highest BCUT2D eigenvalue weighted by Crippen LogP contribution is 2.38. The molecule has 9 heteroatoms. The van der Waals surface area contributed by atoms with Crippen LogP contribution in [0.5, 0.6) is 0 Å². The van der Waals surface area contributed by atoms with E-state index >= 15 is 0 Å². The lowest BCUT2D eigenvalue weighted by atomic mass is 9.95. The number of fused-ring (bicyclic) bond motifs is 1. The molecule has 1 atom stereocenters. The van der Waals surface area contributed by atoms with Crippen molar-refractivity contribution in [1.29, 1.82) is 0 Å². The highest BCUT2D eigenvalue weighted by atomic mass is 32.1. The van der Waals surface area contributed by atoms with Crippen molar-refractivity contribution in [1.82, 2.24) is 5.32 Å². The number of carbonyl (C=O) groups is 3. The van der Waals surface area contributed by atoms with E-state index in [1.807, 2.05) is 17.5 Å². The smallest absolute Gasteiger partial charge is 0.341 e. The monoisotopic (exact) mass is 486 g/mol. The number of benzene rings is 1. The molecule has 2 N–H and O–H groups in total. The van der Waals surface area contributed by atoms with Gasteiger partial charge in [0.15, 0.2) is 6.61 Å². The van der Waals surface area contributed by atoms with Crippen molar-refractivity contribution in [3.8, 4) is 0 Å². The minimum Gasteiger partial charge on any atom is -0.452 e. The number of halogens is 1. The quantitative estimate of drug-likeness (QED) is 0.468. The Hall–Kier alpha value is -3.04. The molecule has 0 radical (unpaired) electrons. The van der Waals surface area contributed by atoms with Gasteiger partial charge in [0, 0.05) is 16.7 Å². The summed E-state index contributed by atoms with van der Waals surface area (Å²) in [7, 11) is 0. The van der Waals surface area contributed by atoms with E-state index in [1.54, 1.807) is 12.1 Å². The summed E-state index contributed by atoms with van der Waals surface area (Å²) >= 11 is 2.86. The third-order valence-electron chi connectivity index (χ3n) is 5.34. The van der Waals surface area contributed by atoms with Crippen molar-refractivity contribution in [3.63, 3.8) is 0 Å². The summed E-state index contributed by atoms with van der Waals surface area (Å²) in [6.07, 6.45) is 3.61. The Morgan fingerprint density at radius 1 is 1.12 bits per heavy atom. The maximum absolute atomic E-state index is 13.4. The van der Waals surface area contributed by atoms with Gasteiger partial charge < -0.3 is 15.4 Å². The van der Waals surface area contributed by atoms with E-state index in [2.05, 4.69) is 10.6 Å². The van der Waals surface area contributed by atoms with E-state index < -0.39 is 24.5 Å². The van der Waals surface area contributed by atoms with Crippen LogP contribution in [0.4, 0.5) is 9.39 Å². The maximum Gasteiger partial charge on any atom is 0.341 e. The molecule has 0 bridgehead atoms. The maximum atomic E-state index is 13.4. The average Bonchev–Trinajstić information content (AvgIpc) is 3.44. The molecule has 2 aromatic heterocycles. The lowest BCUT2D eigenvalue weighted by Crippen LogP contribution is -2.33. The zero-order valence-electron chi connectivity index (χ0n) is 18.0. The first-order valence-corrected chi connectivity index (χ1v) is 12.3. The molecule has 2 amide bonds. The van der Waals surface area contributed by atoms with Crippen LogP contribution in [0.25, 0.3) is 0 Å². The minimum absolute atomic E-state index is 0.265.